The van der Waals surface area contributed by atoms with Crippen molar-refractivity contribution in [2.45, 2.75) is 9.41 Å². The van der Waals surface area contributed by atoms with Gasteiger partial charge < -0.3 is 0 Å². The maximum absolute atomic E-state index is 10.7. The summed E-state index contributed by atoms with van der Waals surface area (Å²) in [5.41, 5.74) is 0. The van der Waals surface area contributed by atoms with Crippen LogP contribution in [0.2, 0.25) is 0 Å². The number of halogens is 2. The van der Waals surface area contributed by atoms with E-state index < -0.39 is 13.1 Å². The summed E-state index contributed by atoms with van der Waals surface area (Å²) < 4.78 is 29.1. The van der Waals surface area contributed by atoms with E-state index in [0.717, 1.165) is 11.8 Å². The fourth-order valence-corrected chi connectivity index (χ4v) is 3.77. The molecule has 0 aliphatic carbocycles. The molecule has 0 aromatic carbocycles. The molecule has 0 fully saturated rings. The average molecular weight is 280 g/mol. The van der Waals surface area contributed by atoms with Crippen LogP contribution >= 0.6 is 39.3 Å². The van der Waals surface area contributed by atoms with Crippen molar-refractivity contribution < 1.29 is 13.0 Å². The number of alkyl halides is 1. The zero-order valence-corrected chi connectivity index (χ0v) is 9.10. The lowest BCUT2D eigenvalue weighted by Gasteiger charge is -2.15. The molecule has 0 saturated carbocycles. The normalized spacial score (nSPS) is 32.1. The van der Waals surface area contributed by atoms with E-state index in [2.05, 4.69) is 15.9 Å². The third-order valence-corrected chi connectivity index (χ3v) is 6.22. The van der Waals surface area contributed by atoms with Crippen LogP contribution in [0, 0.1) is 0 Å². The molecule has 0 amide bonds. The van der Waals surface area contributed by atoms with Gasteiger partial charge in [-0.1, -0.05) is 45.4 Å². The van der Waals surface area contributed by atoms with Crippen molar-refractivity contribution in [1.29, 1.82) is 0 Å². The van der Waals surface area contributed by atoms with E-state index in [1.54, 1.807) is 0 Å². The Hall–Kier alpha value is 0.770. The predicted molar refractivity (Wildman–Crippen MR) is 49.4 cm³/mol. The van der Waals surface area contributed by atoms with Gasteiger partial charge in [0.15, 0.2) is 0 Å². The van der Waals surface area contributed by atoms with Crippen molar-refractivity contribution in [3.8, 4) is 0 Å². The lowest BCUT2D eigenvalue weighted by atomic mass is 10.5. The molecule has 1 heterocycles. The molecule has 7 heteroatoms. The number of hydrogen-bond donors (Lipinski definition) is 1. The maximum Gasteiger partial charge on any atom is 0.291 e. The first kappa shape index (κ1) is 9.85. The minimum atomic E-state index is -4.09. The first-order valence-corrected chi connectivity index (χ1v) is 5.98. The molecule has 11 heavy (non-hydrogen) atoms. The summed E-state index contributed by atoms with van der Waals surface area (Å²) in [6.45, 7) is 0. The second-order valence-corrected chi connectivity index (χ2v) is 8.23. The Morgan fingerprint density at radius 3 is 2.55 bits per heavy atom. The van der Waals surface area contributed by atoms with E-state index >= 15 is 0 Å². The zero-order valence-electron chi connectivity index (χ0n) is 5.12. The van der Waals surface area contributed by atoms with E-state index in [1.807, 2.05) is 0 Å². The van der Waals surface area contributed by atoms with Crippen molar-refractivity contribution in [2.24, 2.45) is 0 Å². The Bertz CT molecular complexity index is 298. The van der Waals surface area contributed by atoms with Gasteiger partial charge in [-0.05, 0) is 0 Å². The SMILES string of the molecule is O=S(=O)(O)C1(Br)CC=C(Cl)S1. The highest BCUT2D eigenvalue weighted by atomic mass is 79.9. The molecular weight excluding hydrogens is 276 g/mol. The first-order valence-electron chi connectivity index (χ1n) is 2.56. The van der Waals surface area contributed by atoms with Crippen LogP contribution in [0.25, 0.3) is 0 Å². The van der Waals surface area contributed by atoms with Gasteiger partial charge in [0.05, 0.1) is 4.36 Å². The van der Waals surface area contributed by atoms with Crippen LogP contribution < -0.4 is 0 Å². The van der Waals surface area contributed by atoms with Crippen molar-refractivity contribution in [2.75, 3.05) is 0 Å². The molecule has 3 nitrogen and oxygen atoms in total. The minimum absolute atomic E-state index is 0.176. The van der Waals surface area contributed by atoms with Crippen LogP contribution in [0.3, 0.4) is 0 Å². The highest BCUT2D eigenvalue weighted by Crippen LogP contribution is 2.51. The Balaban J connectivity index is 2.92. The van der Waals surface area contributed by atoms with E-state index in [9.17, 15) is 8.42 Å². The summed E-state index contributed by atoms with van der Waals surface area (Å²) in [7, 11) is -4.09. The Morgan fingerprint density at radius 1 is 1.82 bits per heavy atom. The van der Waals surface area contributed by atoms with Crippen LogP contribution in [-0.4, -0.2) is 16.0 Å². The summed E-state index contributed by atoms with van der Waals surface area (Å²) in [4.78, 5) is 0. The highest BCUT2D eigenvalue weighted by Gasteiger charge is 2.44. The van der Waals surface area contributed by atoms with E-state index in [0.29, 0.717) is 4.36 Å². The molecule has 0 saturated heterocycles. The minimum Gasteiger partial charge on any atom is -0.284 e. The fraction of sp³-hybridized carbons (Fsp3) is 0.500. The van der Waals surface area contributed by atoms with Crippen molar-refractivity contribution >= 4 is 49.4 Å². The van der Waals surface area contributed by atoms with Crippen LogP contribution in [0.4, 0.5) is 0 Å². The molecule has 64 valence electrons. The quantitative estimate of drug-likeness (QED) is 0.590. The van der Waals surface area contributed by atoms with Gasteiger partial charge in [-0.25, -0.2) is 0 Å². The van der Waals surface area contributed by atoms with Gasteiger partial charge in [-0.3, -0.25) is 4.55 Å². The number of allylic oxidation sites excluding steroid dienone is 1. The number of rotatable bonds is 1. The van der Waals surface area contributed by atoms with Gasteiger partial charge in [-0.15, -0.1) is 0 Å². The molecule has 1 aliphatic rings. The smallest absolute Gasteiger partial charge is 0.284 e. The monoisotopic (exact) mass is 278 g/mol. The maximum atomic E-state index is 10.7. The molecule has 0 spiro atoms. The summed E-state index contributed by atoms with van der Waals surface area (Å²) in [6, 6.07) is 0. The molecule has 0 radical (unpaired) electrons. The topological polar surface area (TPSA) is 54.4 Å². The van der Waals surface area contributed by atoms with Crippen LogP contribution in [0.5, 0.6) is 0 Å². The predicted octanol–water partition coefficient (Wildman–Crippen LogP) is 2.14. The number of thioether (sulfide) groups is 1. The van der Waals surface area contributed by atoms with Gasteiger partial charge in [-0.2, -0.15) is 8.42 Å². The standard InChI is InChI=1S/C4H4BrClO3S2/c5-4(11(7,8)9)2-1-3(6)10-4/h1H,2H2,(H,7,8,9). The Labute approximate surface area is 82.1 Å². The third-order valence-electron chi connectivity index (χ3n) is 1.14. The lowest BCUT2D eigenvalue weighted by Crippen LogP contribution is -2.24. The second-order valence-electron chi connectivity index (χ2n) is 1.95. The zero-order chi connectivity index (χ0) is 8.70. The van der Waals surface area contributed by atoms with Gasteiger partial charge in [0.2, 0.25) is 2.99 Å². The van der Waals surface area contributed by atoms with Crippen molar-refractivity contribution in [3.63, 3.8) is 0 Å². The second kappa shape index (κ2) is 2.92. The highest BCUT2D eigenvalue weighted by molar-refractivity contribution is 9.13. The molecule has 0 aromatic rings. The van der Waals surface area contributed by atoms with E-state index in [1.165, 1.54) is 6.08 Å². The van der Waals surface area contributed by atoms with Crippen LogP contribution in [0.15, 0.2) is 10.4 Å². The van der Waals surface area contributed by atoms with Crippen LogP contribution in [0.1, 0.15) is 6.42 Å². The van der Waals surface area contributed by atoms with Gasteiger partial charge >= 0.3 is 0 Å². The van der Waals surface area contributed by atoms with E-state index in [4.69, 9.17) is 16.2 Å². The van der Waals surface area contributed by atoms with Gasteiger partial charge in [0.1, 0.15) is 0 Å². The number of hydrogen-bond acceptors (Lipinski definition) is 3. The summed E-state index contributed by atoms with van der Waals surface area (Å²) >= 11 is 9.30. The molecule has 0 bridgehead atoms. The van der Waals surface area contributed by atoms with Crippen molar-refractivity contribution in [3.05, 3.63) is 10.4 Å². The Kier molecular flexibility index (Phi) is 2.61. The molecule has 1 aliphatic heterocycles. The largest absolute Gasteiger partial charge is 0.291 e. The molecule has 0 aromatic heterocycles. The van der Waals surface area contributed by atoms with E-state index in [-0.39, 0.29) is 6.42 Å². The lowest BCUT2D eigenvalue weighted by molar-refractivity contribution is 0.477. The fourth-order valence-electron chi connectivity index (χ4n) is 0.589. The van der Waals surface area contributed by atoms with Crippen LogP contribution in [-0.2, 0) is 10.1 Å². The summed E-state index contributed by atoms with van der Waals surface area (Å²) in [5, 5.41) is 0. The summed E-state index contributed by atoms with van der Waals surface area (Å²) in [6.07, 6.45) is 1.71. The molecule has 1 N–H and O–H groups in total. The third kappa shape index (κ3) is 1.92. The van der Waals surface area contributed by atoms with Gasteiger partial charge in [0, 0.05) is 6.42 Å². The first-order chi connectivity index (χ1) is 4.85. The molecule has 1 atom stereocenters. The Morgan fingerprint density at radius 2 is 2.36 bits per heavy atom. The average Bonchev–Trinajstić information content (AvgIpc) is 2.10. The molecular formula is C4H4BrClO3S2. The van der Waals surface area contributed by atoms with Crippen molar-refractivity contribution in [1.82, 2.24) is 0 Å². The summed E-state index contributed by atoms with van der Waals surface area (Å²) in [5.74, 6) is 0. The molecule has 1 unspecified atom stereocenters. The van der Waals surface area contributed by atoms with Gasteiger partial charge in [0.25, 0.3) is 10.1 Å². The molecule has 1 rings (SSSR count).